The Bertz CT molecular complexity index is 4200. The number of aliphatic imine (C=N–C) groups is 2. The first-order chi connectivity index (χ1) is 62.1. The zero-order valence-corrected chi connectivity index (χ0v) is 77.3. The van der Waals surface area contributed by atoms with Gasteiger partial charge in [-0.3, -0.25) is 81.9 Å². The first-order valence-corrected chi connectivity index (χ1v) is 44.5. The van der Waals surface area contributed by atoms with Gasteiger partial charge in [0.1, 0.15) is 96.1 Å². The number of amides is 15. The standard InChI is InChI=1S/C82H138N26O22S2/c1-9-41(4)61(105-71(121)55-36-48(113)38-94-55)75(125)107-63(43(6)110)77(127)101-56(34-44-17-21-46(111)22-18-44)73(123)108-64(82(7,8)132)78(128)102-57(37-60(86)114)72(122)97-50(15-12-31-92-80(87)88)65(115)98-53(26-30-85)70(120)106-62(42(5)109)76(126)100-54(27-33-91-40(2)3)69(119)95-49(14-10-11-28-83)67(117)104-59(39-131)74(124)99-52(25-29-84)68(118)96-51(16-13-32-93-81(89)90)66(116)103-58(79(129)130)35-45-19-23-47(112)24-20-45/h17-24,40-43,48-59,61-64,91,94,109-113,131-132H,9-16,25-39,83-85H2,1-8H3,(H2,86,114)(H,95,119)(H,96,118)(H,97,122)(H,98,115)(H,99,124)(H,100,126)(H,101,127)(H,102,128)(H,103,116)(H,104,117)(H,105,121)(H,106,120)(H,107,125)(H,108,123)(H,129,130)(H4,87,88,92)(H4,89,90,93)/t41-,42+,43+,48+,49-,50-,51-,52-,53-,54+,55-,56-,57-,58-,59-,61-,62-,63-,64+/m0/s1. The molecule has 3 rings (SSSR count). The highest BCUT2D eigenvalue weighted by Gasteiger charge is 2.43. The van der Waals surface area contributed by atoms with Crippen LogP contribution in [0.5, 0.6) is 11.5 Å². The van der Waals surface area contributed by atoms with Gasteiger partial charge < -0.3 is 162 Å². The van der Waals surface area contributed by atoms with E-state index < -0.39 is 233 Å². The van der Waals surface area contributed by atoms with E-state index in [4.69, 9.17) is 45.9 Å². The number of phenolic OH excluding ortho intramolecular Hbond substituents is 2. The molecule has 2 aromatic rings. The predicted molar refractivity (Wildman–Crippen MR) is 492 cm³/mol. The molecule has 1 aliphatic rings. The van der Waals surface area contributed by atoms with Gasteiger partial charge in [0.25, 0.3) is 0 Å². The minimum absolute atomic E-state index is 0.0156. The lowest BCUT2D eigenvalue weighted by molar-refractivity contribution is -0.142. The smallest absolute Gasteiger partial charge is 0.326 e. The van der Waals surface area contributed by atoms with E-state index >= 15 is 0 Å². The Morgan fingerprint density at radius 1 is 0.455 bits per heavy atom. The van der Waals surface area contributed by atoms with Crippen LogP contribution in [0, 0.1) is 5.92 Å². The number of unbranched alkanes of at least 4 members (excludes halogenated alkanes) is 1. The Kier molecular flexibility index (Phi) is 50.7. The molecule has 50 heteroatoms. The van der Waals surface area contributed by atoms with Crippen LogP contribution in [-0.4, -0.2) is 308 Å². The Morgan fingerprint density at radius 2 is 0.818 bits per heavy atom. The largest absolute Gasteiger partial charge is 0.508 e. The number of hydrogen-bond donors (Lipinski definition) is 32. The molecule has 740 valence electrons. The highest BCUT2D eigenvalue weighted by molar-refractivity contribution is 7.81. The van der Waals surface area contributed by atoms with Crippen molar-refractivity contribution in [1.82, 2.24) is 85.1 Å². The summed E-state index contributed by atoms with van der Waals surface area (Å²) in [6.45, 7) is 11.5. The number of hydrogen-bond acceptors (Lipinski definition) is 30. The summed E-state index contributed by atoms with van der Waals surface area (Å²) in [6.07, 6.45) is -6.40. The number of phenols is 2. The summed E-state index contributed by atoms with van der Waals surface area (Å²) in [4.78, 5) is 234. The van der Waals surface area contributed by atoms with E-state index in [1.165, 1.54) is 69.3 Å². The number of primary amides is 1. The van der Waals surface area contributed by atoms with Gasteiger partial charge in [0.05, 0.1) is 30.8 Å². The van der Waals surface area contributed by atoms with Crippen molar-refractivity contribution in [3.63, 3.8) is 0 Å². The number of aliphatic carboxylic acids is 1. The topological polar surface area (TPSA) is 820 Å². The van der Waals surface area contributed by atoms with Gasteiger partial charge in [-0.05, 0) is 166 Å². The normalized spacial score (nSPS) is 16.9. The maximum Gasteiger partial charge on any atom is 0.326 e. The fourth-order valence-corrected chi connectivity index (χ4v) is 13.8. The number of carbonyl (C=O) groups excluding carboxylic acids is 15. The zero-order valence-electron chi connectivity index (χ0n) is 75.6. The van der Waals surface area contributed by atoms with Crippen molar-refractivity contribution in [2.75, 3.05) is 51.6 Å². The summed E-state index contributed by atoms with van der Waals surface area (Å²) in [5.41, 5.74) is 46.2. The zero-order chi connectivity index (χ0) is 99.4. The van der Waals surface area contributed by atoms with Crippen molar-refractivity contribution < 1.29 is 107 Å². The number of rotatable bonds is 61. The number of aliphatic hydroxyl groups excluding tert-OH is 3. The molecule has 19 atom stereocenters. The van der Waals surface area contributed by atoms with Crippen LogP contribution >= 0.6 is 25.3 Å². The number of aliphatic hydroxyl groups is 3. The van der Waals surface area contributed by atoms with Gasteiger partial charge in [0.2, 0.25) is 88.6 Å². The second-order valence-electron chi connectivity index (χ2n) is 33.0. The van der Waals surface area contributed by atoms with Gasteiger partial charge in [-0.25, -0.2) is 4.79 Å². The highest BCUT2D eigenvalue weighted by atomic mass is 32.1. The van der Waals surface area contributed by atoms with Gasteiger partial charge in [0, 0.05) is 49.0 Å². The molecule has 38 N–H and O–H groups in total. The third-order valence-corrected chi connectivity index (χ3v) is 21.6. The third kappa shape index (κ3) is 41.5. The van der Waals surface area contributed by atoms with E-state index in [1.54, 1.807) is 27.7 Å². The lowest BCUT2D eigenvalue weighted by atomic mass is 9.96. The first-order valence-electron chi connectivity index (χ1n) is 43.5. The number of nitrogens with two attached hydrogens (primary N) is 8. The fourth-order valence-electron chi connectivity index (χ4n) is 13.4. The van der Waals surface area contributed by atoms with E-state index in [-0.39, 0.29) is 146 Å². The van der Waals surface area contributed by atoms with Crippen molar-refractivity contribution in [2.45, 2.75) is 271 Å². The molecule has 0 aromatic heterocycles. The van der Waals surface area contributed by atoms with Crippen LogP contribution in [0.15, 0.2) is 58.5 Å². The number of carboxylic acids is 1. The van der Waals surface area contributed by atoms with Crippen molar-refractivity contribution >= 4 is 132 Å². The molecule has 0 saturated carbocycles. The van der Waals surface area contributed by atoms with E-state index in [1.807, 2.05) is 0 Å². The number of carboxylic acid groups (broad SMARTS) is 1. The van der Waals surface area contributed by atoms with Crippen LogP contribution in [-0.2, 0) is 89.6 Å². The second-order valence-corrected chi connectivity index (χ2v) is 34.6. The fraction of sp³-hybridized carbons (Fsp3) is 0.634. The van der Waals surface area contributed by atoms with E-state index in [2.05, 4.69) is 120 Å². The molecule has 0 bridgehead atoms. The molecule has 2 aromatic carbocycles. The van der Waals surface area contributed by atoms with Crippen LogP contribution in [0.4, 0.5) is 0 Å². The second kappa shape index (κ2) is 58.4. The SMILES string of the molecule is CC[C@H](C)[C@H](NC(=O)[C@@H]1C[C@@H](O)CN1)C(=O)N[C@H](C(=O)N[C@@H](Cc1ccc(O)cc1)C(=O)N[C@H](C(=O)N[C@@H](CC(N)=O)C(=O)N[C@@H](CCCN=C(N)N)C(=O)N[C@@H](CCN)C(=O)N[C@H](C(=O)N[C@H](CCNC(C)C)C(=O)N[C@@H](CCCCN)C(=O)N[C@@H](CS)C(=O)N[C@@H](CCN)C(=O)N[C@@H](CCCN=C(N)N)C(=O)N[C@@H](Cc1ccc(O)cc1)C(=O)O)[C@@H](C)O)C(C)(C)S)[C@@H](C)O. The number of nitrogens with one attached hydrogen (secondary N) is 16. The van der Waals surface area contributed by atoms with Crippen molar-refractivity contribution in [3.8, 4) is 11.5 Å². The Labute approximate surface area is 776 Å². The molecule has 15 amide bonds. The van der Waals surface area contributed by atoms with Crippen LogP contribution in [0.2, 0.25) is 0 Å². The minimum atomic E-state index is -1.98. The van der Waals surface area contributed by atoms with Gasteiger partial charge in [-0.15, -0.1) is 0 Å². The lowest BCUT2D eigenvalue weighted by Gasteiger charge is -2.33. The van der Waals surface area contributed by atoms with Crippen molar-refractivity contribution in [1.29, 1.82) is 0 Å². The molecule has 1 aliphatic heterocycles. The predicted octanol–water partition coefficient (Wildman–Crippen LogP) is -9.88. The first kappa shape index (κ1) is 115. The summed E-state index contributed by atoms with van der Waals surface area (Å²) in [5, 5.41) is 103. The summed E-state index contributed by atoms with van der Waals surface area (Å²) in [7, 11) is 0. The number of β-amino-alcohol motifs (C(OH)–C–C–N with tert-alkyl or cyclic N) is 1. The summed E-state index contributed by atoms with van der Waals surface area (Å²) >= 11 is 8.89. The molecule has 1 heterocycles. The molecular weight excluding hydrogens is 1770 g/mol. The summed E-state index contributed by atoms with van der Waals surface area (Å²) in [6, 6.07) is -13.1. The van der Waals surface area contributed by atoms with Gasteiger partial charge in [-0.2, -0.15) is 25.3 Å². The Hall–Kier alpha value is -11.5. The van der Waals surface area contributed by atoms with Crippen molar-refractivity contribution in [3.05, 3.63) is 59.7 Å². The van der Waals surface area contributed by atoms with Crippen LogP contribution in [0.1, 0.15) is 150 Å². The molecule has 48 nitrogen and oxygen atoms in total. The monoisotopic (exact) mass is 1900 g/mol. The maximum absolute atomic E-state index is 14.7. The number of thiol groups is 2. The highest BCUT2D eigenvalue weighted by Crippen LogP contribution is 2.22. The van der Waals surface area contributed by atoms with Crippen LogP contribution < -0.4 is 131 Å². The van der Waals surface area contributed by atoms with E-state index in [9.17, 15) is 107 Å². The van der Waals surface area contributed by atoms with Gasteiger partial charge >= 0.3 is 5.97 Å². The molecule has 1 fully saturated rings. The molecule has 0 aliphatic carbocycles. The van der Waals surface area contributed by atoms with E-state index in [0.29, 0.717) is 24.0 Å². The Balaban J connectivity index is 1.96. The van der Waals surface area contributed by atoms with Gasteiger partial charge in [0.15, 0.2) is 11.9 Å². The molecule has 132 heavy (non-hydrogen) atoms. The quantitative estimate of drug-likeness (QED) is 0.0127. The summed E-state index contributed by atoms with van der Waals surface area (Å²) < 4.78 is -1.61. The van der Waals surface area contributed by atoms with Crippen LogP contribution in [0.3, 0.4) is 0 Å². The molecule has 1 saturated heterocycles. The summed E-state index contributed by atoms with van der Waals surface area (Å²) in [5.74, 6) is -19.0. The molecular formula is C82H138N26O22S2. The minimum Gasteiger partial charge on any atom is -0.508 e. The third-order valence-electron chi connectivity index (χ3n) is 21.0. The lowest BCUT2D eigenvalue weighted by Crippen LogP contribution is -2.64. The van der Waals surface area contributed by atoms with Crippen LogP contribution in [0.25, 0.3) is 0 Å². The average molecular weight is 1900 g/mol. The number of guanidine groups is 2. The van der Waals surface area contributed by atoms with Crippen molar-refractivity contribution in [2.24, 2.45) is 61.8 Å². The maximum atomic E-state index is 14.7. The van der Waals surface area contributed by atoms with Gasteiger partial charge in [-0.1, -0.05) is 58.4 Å². The van der Waals surface area contributed by atoms with E-state index in [0.717, 1.165) is 6.92 Å². The molecule has 0 radical (unpaired) electrons. The molecule has 0 spiro atoms. The number of nitrogens with zero attached hydrogens (tertiary/aromatic N) is 2. The molecule has 0 unspecified atom stereocenters. The number of carbonyl (C=O) groups is 16. The average Bonchev–Trinajstić information content (AvgIpc) is 1.72. The Morgan fingerprint density at radius 3 is 1.20 bits per heavy atom. The number of aromatic hydroxyl groups is 2. The number of benzene rings is 2.